The van der Waals surface area contributed by atoms with Crippen molar-refractivity contribution in [1.29, 1.82) is 0 Å². The maximum Gasteiger partial charge on any atom is 0.323 e. The molecular formula is C8H15NO2. The van der Waals surface area contributed by atoms with Gasteiger partial charge in [-0.1, -0.05) is 0 Å². The molecule has 1 unspecified atom stereocenters. The van der Waals surface area contributed by atoms with Crippen LogP contribution >= 0.6 is 0 Å². The smallest absolute Gasteiger partial charge is 0.323 e. The molecule has 3 heteroatoms. The molecule has 0 aromatic rings. The lowest BCUT2D eigenvalue weighted by atomic mass is 10.1. The van der Waals surface area contributed by atoms with Gasteiger partial charge in [-0.25, -0.2) is 0 Å². The summed E-state index contributed by atoms with van der Waals surface area (Å²) in [6, 6.07) is 0.0254. The Morgan fingerprint density at radius 3 is 2.55 bits per heavy atom. The summed E-state index contributed by atoms with van der Waals surface area (Å²) in [5, 5.41) is 0. The van der Waals surface area contributed by atoms with E-state index in [-0.39, 0.29) is 18.1 Å². The highest BCUT2D eigenvalue weighted by Crippen LogP contribution is 2.15. The van der Waals surface area contributed by atoms with Crippen LogP contribution in [0.25, 0.3) is 0 Å². The molecule has 0 radical (unpaired) electrons. The van der Waals surface area contributed by atoms with Crippen LogP contribution in [0.2, 0.25) is 0 Å². The van der Waals surface area contributed by atoms with Gasteiger partial charge in [-0.3, -0.25) is 9.69 Å². The number of rotatable bonds is 2. The topological polar surface area (TPSA) is 29.5 Å². The summed E-state index contributed by atoms with van der Waals surface area (Å²) in [4.78, 5) is 13.2. The summed E-state index contributed by atoms with van der Waals surface area (Å²) in [6.45, 7) is 4.75. The van der Waals surface area contributed by atoms with Gasteiger partial charge in [0.25, 0.3) is 0 Å². The van der Waals surface area contributed by atoms with Crippen molar-refractivity contribution in [3.8, 4) is 0 Å². The molecule has 1 atom stereocenters. The summed E-state index contributed by atoms with van der Waals surface area (Å²) in [5.41, 5.74) is 0. The summed E-state index contributed by atoms with van der Waals surface area (Å²) in [7, 11) is 1.94. The number of carbonyl (C=O) groups excluding carboxylic acids is 1. The quantitative estimate of drug-likeness (QED) is 0.551. The molecule has 1 heterocycles. The Hall–Kier alpha value is -0.570. The summed E-state index contributed by atoms with van der Waals surface area (Å²) < 4.78 is 5.04. The van der Waals surface area contributed by atoms with Crippen LogP contribution in [-0.2, 0) is 9.53 Å². The lowest BCUT2D eigenvalue weighted by molar-refractivity contribution is -0.157. The van der Waals surface area contributed by atoms with Gasteiger partial charge < -0.3 is 4.74 Å². The number of hydrogen-bond acceptors (Lipinski definition) is 3. The van der Waals surface area contributed by atoms with Gasteiger partial charge in [-0.2, -0.15) is 0 Å². The summed E-state index contributed by atoms with van der Waals surface area (Å²) in [6.07, 6.45) is 0.957. The van der Waals surface area contributed by atoms with Crippen LogP contribution in [0.4, 0.5) is 0 Å². The van der Waals surface area contributed by atoms with E-state index in [1.807, 2.05) is 25.8 Å². The van der Waals surface area contributed by atoms with Crippen molar-refractivity contribution < 1.29 is 9.53 Å². The maximum absolute atomic E-state index is 11.2. The second kappa shape index (κ2) is 3.22. The van der Waals surface area contributed by atoms with Crippen molar-refractivity contribution in [2.75, 3.05) is 13.6 Å². The minimum absolute atomic E-state index is 0.0106. The SMILES string of the molecule is CC(C)OC(=O)C1CCN1C. The fraction of sp³-hybridized carbons (Fsp3) is 0.875. The molecule has 0 amide bonds. The third kappa shape index (κ3) is 1.93. The van der Waals surface area contributed by atoms with Crippen molar-refractivity contribution in [2.24, 2.45) is 0 Å². The Labute approximate surface area is 67.3 Å². The lowest BCUT2D eigenvalue weighted by Gasteiger charge is -2.35. The van der Waals surface area contributed by atoms with E-state index < -0.39 is 0 Å². The largest absolute Gasteiger partial charge is 0.462 e. The standard InChI is InChI=1S/C8H15NO2/c1-6(2)11-8(10)7-4-5-9(7)3/h6-7H,4-5H2,1-3H3. The van der Waals surface area contributed by atoms with E-state index in [0.29, 0.717) is 0 Å². The molecule has 11 heavy (non-hydrogen) atoms. The number of hydrogen-bond donors (Lipinski definition) is 0. The highest BCUT2D eigenvalue weighted by atomic mass is 16.5. The highest BCUT2D eigenvalue weighted by Gasteiger charge is 2.32. The Kier molecular flexibility index (Phi) is 2.49. The van der Waals surface area contributed by atoms with Gasteiger partial charge in [0.15, 0.2) is 0 Å². The number of carbonyl (C=O) groups is 1. The molecule has 0 N–H and O–H groups in total. The van der Waals surface area contributed by atoms with Crippen LogP contribution < -0.4 is 0 Å². The zero-order valence-electron chi connectivity index (χ0n) is 7.33. The minimum atomic E-state index is -0.0752. The van der Waals surface area contributed by atoms with Crippen LogP contribution in [0, 0.1) is 0 Å². The molecule has 1 rings (SSSR count). The predicted molar refractivity (Wildman–Crippen MR) is 42.3 cm³/mol. The molecule has 0 spiro atoms. The number of nitrogens with zero attached hydrogens (tertiary/aromatic N) is 1. The van der Waals surface area contributed by atoms with Crippen molar-refractivity contribution in [1.82, 2.24) is 4.90 Å². The third-order valence-corrected chi connectivity index (χ3v) is 1.91. The zero-order chi connectivity index (χ0) is 8.43. The maximum atomic E-state index is 11.2. The van der Waals surface area contributed by atoms with E-state index in [1.165, 1.54) is 0 Å². The first-order chi connectivity index (χ1) is 5.11. The van der Waals surface area contributed by atoms with Crippen LogP contribution in [0.15, 0.2) is 0 Å². The number of likely N-dealkylation sites (N-methyl/N-ethyl adjacent to an activating group) is 1. The Bertz CT molecular complexity index is 156. The molecule has 0 bridgehead atoms. The molecule has 0 aromatic heterocycles. The van der Waals surface area contributed by atoms with E-state index in [2.05, 4.69) is 0 Å². The first-order valence-electron chi connectivity index (χ1n) is 4.02. The number of likely N-dealkylation sites (tertiary alicyclic amines) is 1. The van der Waals surface area contributed by atoms with Crippen LogP contribution in [-0.4, -0.2) is 36.6 Å². The second-order valence-electron chi connectivity index (χ2n) is 3.27. The van der Waals surface area contributed by atoms with Gasteiger partial charge in [0, 0.05) is 6.54 Å². The lowest BCUT2D eigenvalue weighted by Crippen LogP contribution is -2.50. The Morgan fingerprint density at radius 1 is 1.64 bits per heavy atom. The average molecular weight is 157 g/mol. The highest BCUT2D eigenvalue weighted by molar-refractivity contribution is 5.76. The molecule has 0 saturated carbocycles. The van der Waals surface area contributed by atoms with Gasteiger partial charge in [-0.15, -0.1) is 0 Å². The van der Waals surface area contributed by atoms with Gasteiger partial charge in [-0.05, 0) is 27.3 Å². The zero-order valence-corrected chi connectivity index (χ0v) is 7.33. The van der Waals surface area contributed by atoms with Crippen molar-refractivity contribution in [3.05, 3.63) is 0 Å². The predicted octanol–water partition coefficient (Wildman–Crippen LogP) is 0.642. The average Bonchev–Trinajstić information content (AvgIpc) is 1.82. The monoisotopic (exact) mass is 157 g/mol. The Morgan fingerprint density at radius 2 is 2.27 bits per heavy atom. The van der Waals surface area contributed by atoms with Crippen molar-refractivity contribution in [3.63, 3.8) is 0 Å². The molecule has 3 nitrogen and oxygen atoms in total. The van der Waals surface area contributed by atoms with E-state index >= 15 is 0 Å². The van der Waals surface area contributed by atoms with Crippen molar-refractivity contribution >= 4 is 5.97 Å². The molecule has 0 aromatic carbocycles. The van der Waals surface area contributed by atoms with Gasteiger partial charge in [0.05, 0.1) is 6.10 Å². The molecule has 1 aliphatic rings. The third-order valence-electron chi connectivity index (χ3n) is 1.91. The normalized spacial score (nSPS) is 24.9. The van der Waals surface area contributed by atoms with Crippen LogP contribution in [0.5, 0.6) is 0 Å². The molecule has 1 saturated heterocycles. The van der Waals surface area contributed by atoms with Gasteiger partial charge >= 0.3 is 5.97 Å². The first kappa shape index (κ1) is 8.53. The number of ether oxygens (including phenoxy) is 1. The molecule has 64 valence electrons. The second-order valence-corrected chi connectivity index (χ2v) is 3.27. The van der Waals surface area contributed by atoms with Gasteiger partial charge in [0.1, 0.15) is 6.04 Å². The summed E-state index contributed by atoms with van der Waals surface area (Å²) in [5.74, 6) is -0.0752. The summed E-state index contributed by atoms with van der Waals surface area (Å²) >= 11 is 0. The van der Waals surface area contributed by atoms with Gasteiger partial charge in [0.2, 0.25) is 0 Å². The molecule has 0 aliphatic carbocycles. The minimum Gasteiger partial charge on any atom is -0.462 e. The van der Waals surface area contributed by atoms with Crippen molar-refractivity contribution in [2.45, 2.75) is 32.4 Å². The molecule has 1 fully saturated rings. The molecular weight excluding hydrogens is 142 g/mol. The number of esters is 1. The van der Waals surface area contributed by atoms with E-state index in [9.17, 15) is 4.79 Å². The van der Waals surface area contributed by atoms with Crippen LogP contribution in [0.3, 0.4) is 0 Å². The fourth-order valence-corrected chi connectivity index (χ4v) is 1.13. The van der Waals surface area contributed by atoms with E-state index in [4.69, 9.17) is 4.74 Å². The van der Waals surface area contributed by atoms with E-state index in [1.54, 1.807) is 0 Å². The van der Waals surface area contributed by atoms with E-state index in [0.717, 1.165) is 13.0 Å². The fourth-order valence-electron chi connectivity index (χ4n) is 1.13. The molecule has 1 aliphatic heterocycles. The van der Waals surface area contributed by atoms with Crippen LogP contribution in [0.1, 0.15) is 20.3 Å². The first-order valence-corrected chi connectivity index (χ1v) is 4.02. The Balaban J connectivity index is 2.30.